The second-order valence-corrected chi connectivity index (χ2v) is 7.03. The number of rotatable bonds is 6. The molecule has 0 N–H and O–H groups in total. The van der Waals surface area contributed by atoms with Crippen molar-refractivity contribution in [2.45, 2.75) is 57.4 Å². The number of piperidine rings is 1. The average molecular weight is 326 g/mol. The lowest BCUT2D eigenvalue weighted by Gasteiger charge is -2.36. The molecular weight excluding hydrogens is 300 g/mol. The van der Waals surface area contributed by atoms with Gasteiger partial charge in [0.05, 0.1) is 30.6 Å². The van der Waals surface area contributed by atoms with Gasteiger partial charge in [-0.25, -0.2) is 4.68 Å². The van der Waals surface area contributed by atoms with E-state index in [0.717, 1.165) is 39.0 Å². The summed E-state index contributed by atoms with van der Waals surface area (Å²) in [4.78, 5) is 2.50. The van der Waals surface area contributed by atoms with Crippen LogP contribution in [-0.4, -0.2) is 45.2 Å². The zero-order valence-corrected chi connectivity index (χ0v) is 14.2. The number of aromatic nitrogens is 3. The van der Waals surface area contributed by atoms with Gasteiger partial charge >= 0.3 is 0 Å². The van der Waals surface area contributed by atoms with Crippen LogP contribution >= 0.6 is 0 Å². The summed E-state index contributed by atoms with van der Waals surface area (Å²) in [5, 5.41) is 8.38. The Morgan fingerprint density at radius 3 is 2.42 bits per heavy atom. The van der Waals surface area contributed by atoms with Crippen LogP contribution in [-0.2, 0) is 17.8 Å². The van der Waals surface area contributed by atoms with Gasteiger partial charge in [0.15, 0.2) is 0 Å². The summed E-state index contributed by atoms with van der Waals surface area (Å²) in [5.41, 5.74) is 2.45. The summed E-state index contributed by atoms with van der Waals surface area (Å²) < 4.78 is 8.18. The summed E-state index contributed by atoms with van der Waals surface area (Å²) in [6.45, 7) is 3.93. The Labute approximate surface area is 143 Å². The highest BCUT2D eigenvalue weighted by molar-refractivity contribution is 5.15. The molecule has 0 amide bonds. The van der Waals surface area contributed by atoms with E-state index in [0.29, 0.717) is 12.2 Å². The first-order chi connectivity index (χ1) is 11.9. The van der Waals surface area contributed by atoms with Crippen molar-refractivity contribution in [3.63, 3.8) is 0 Å². The molecule has 2 aliphatic rings. The van der Waals surface area contributed by atoms with E-state index >= 15 is 0 Å². The van der Waals surface area contributed by atoms with Crippen LogP contribution in [0, 0.1) is 0 Å². The first-order valence-corrected chi connectivity index (χ1v) is 9.16. The first kappa shape index (κ1) is 15.8. The van der Waals surface area contributed by atoms with Crippen LogP contribution in [0.1, 0.15) is 43.4 Å². The molecule has 5 heteroatoms. The largest absolute Gasteiger partial charge is 0.375 e. The van der Waals surface area contributed by atoms with E-state index in [1.54, 1.807) is 0 Å². The molecule has 1 aromatic carbocycles. The van der Waals surface area contributed by atoms with Gasteiger partial charge in [0.25, 0.3) is 0 Å². The van der Waals surface area contributed by atoms with Crippen LogP contribution < -0.4 is 0 Å². The normalized spacial score (nSPS) is 20.2. The SMILES string of the molecule is c1ccc(Cn2nncc2CN2CCC(OC3CCC3)CC2)cc1. The van der Waals surface area contributed by atoms with Gasteiger partial charge in [-0.3, -0.25) is 4.90 Å². The number of nitrogens with zero attached hydrogens (tertiary/aromatic N) is 4. The van der Waals surface area contributed by atoms with E-state index in [1.807, 2.05) is 16.9 Å². The maximum atomic E-state index is 6.16. The summed E-state index contributed by atoms with van der Waals surface area (Å²) in [6.07, 6.45) is 9.11. The van der Waals surface area contributed by atoms with Crippen molar-refractivity contribution in [2.75, 3.05) is 13.1 Å². The highest BCUT2D eigenvalue weighted by Crippen LogP contribution is 2.26. The number of ether oxygens (including phenoxy) is 1. The summed E-state index contributed by atoms with van der Waals surface area (Å²) in [6, 6.07) is 10.4. The third kappa shape index (κ3) is 3.84. The summed E-state index contributed by atoms with van der Waals surface area (Å²) >= 11 is 0. The highest BCUT2D eigenvalue weighted by atomic mass is 16.5. The van der Waals surface area contributed by atoms with Gasteiger partial charge in [0.1, 0.15) is 0 Å². The van der Waals surface area contributed by atoms with E-state index < -0.39 is 0 Å². The maximum absolute atomic E-state index is 6.16. The predicted octanol–water partition coefficient (Wildman–Crippen LogP) is 2.86. The number of likely N-dealkylation sites (tertiary alicyclic amines) is 1. The van der Waals surface area contributed by atoms with Crippen LogP contribution in [0.4, 0.5) is 0 Å². The minimum absolute atomic E-state index is 0.471. The molecule has 1 saturated heterocycles. The van der Waals surface area contributed by atoms with Crippen molar-refractivity contribution in [3.8, 4) is 0 Å². The third-order valence-electron chi connectivity index (χ3n) is 5.23. The van der Waals surface area contributed by atoms with Gasteiger partial charge in [0, 0.05) is 19.6 Å². The van der Waals surface area contributed by atoms with Crippen molar-refractivity contribution >= 4 is 0 Å². The minimum Gasteiger partial charge on any atom is -0.375 e. The molecule has 1 aliphatic heterocycles. The number of hydrogen-bond donors (Lipinski definition) is 0. The molecule has 1 aromatic heterocycles. The molecule has 2 heterocycles. The minimum atomic E-state index is 0.471. The van der Waals surface area contributed by atoms with Crippen LogP contribution in [0.5, 0.6) is 0 Å². The zero-order chi connectivity index (χ0) is 16.2. The molecule has 2 aromatic rings. The lowest BCUT2D eigenvalue weighted by atomic mass is 9.95. The quantitative estimate of drug-likeness (QED) is 0.819. The Morgan fingerprint density at radius 2 is 1.71 bits per heavy atom. The van der Waals surface area contributed by atoms with Crippen molar-refractivity contribution in [2.24, 2.45) is 0 Å². The molecule has 1 saturated carbocycles. The molecule has 128 valence electrons. The number of hydrogen-bond acceptors (Lipinski definition) is 4. The smallest absolute Gasteiger partial charge is 0.0738 e. The van der Waals surface area contributed by atoms with Crippen molar-refractivity contribution in [3.05, 3.63) is 47.8 Å². The fourth-order valence-corrected chi connectivity index (χ4v) is 3.50. The van der Waals surface area contributed by atoms with Gasteiger partial charge in [0.2, 0.25) is 0 Å². The fourth-order valence-electron chi connectivity index (χ4n) is 3.50. The maximum Gasteiger partial charge on any atom is 0.0738 e. The van der Waals surface area contributed by atoms with Crippen molar-refractivity contribution in [1.29, 1.82) is 0 Å². The fraction of sp³-hybridized carbons (Fsp3) is 0.579. The van der Waals surface area contributed by atoms with Crippen LogP contribution in [0.2, 0.25) is 0 Å². The van der Waals surface area contributed by atoms with Crippen LogP contribution in [0.25, 0.3) is 0 Å². The van der Waals surface area contributed by atoms with Gasteiger partial charge in [-0.15, -0.1) is 5.10 Å². The average Bonchev–Trinajstić information content (AvgIpc) is 3.00. The monoisotopic (exact) mass is 326 g/mol. The van der Waals surface area contributed by atoms with E-state index in [2.05, 4.69) is 39.5 Å². The van der Waals surface area contributed by atoms with Gasteiger partial charge in [-0.1, -0.05) is 35.5 Å². The summed E-state index contributed by atoms with van der Waals surface area (Å²) in [5.74, 6) is 0. The molecule has 24 heavy (non-hydrogen) atoms. The highest BCUT2D eigenvalue weighted by Gasteiger charge is 2.26. The lowest BCUT2D eigenvalue weighted by Crippen LogP contribution is -2.39. The van der Waals surface area contributed by atoms with Crippen LogP contribution in [0.15, 0.2) is 36.5 Å². The molecule has 2 fully saturated rings. The molecular formula is C19H26N4O. The van der Waals surface area contributed by atoms with Crippen molar-refractivity contribution < 1.29 is 4.74 Å². The third-order valence-corrected chi connectivity index (χ3v) is 5.23. The molecule has 0 atom stereocenters. The van der Waals surface area contributed by atoms with E-state index in [1.165, 1.54) is 30.5 Å². The molecule has 0 spiro atoms. The predicted molar refractivity (Wildman–Crippen MR) is 92.6 cm³/mol. The first-order valence-electron chi connectivity index (χ1n) is 9.16. The Balaban J connectivity index is 1.29. The lowest BCUT2D eigenvalue weighted by molar-refractivity contribution is -0.0742. The molecule has 1 aliphatic carbocycles. The second kappa shape index (κ2) is 7.45. The topological polar surface area (TPSA) is 43.2 Å². The van der Waals surface area contributed by atoms with Crippen LogP contribution in [0.3, 0.4) is 0 Å². The van der Waals surface area contributed by atoms with E-state index in [4.69, 9.17) is 4.74 Å². The molecule has 0 radical (unpaired) electrons. The van der Waals surface area contributed by atoms with Gasteiger partial charge < -0.3 is 4.74 Å². The van der Waals surface area contributed by atoms with E-state index in [-0.39, 0.29) is 0 Å². The second-order valence-electron chi connectivity index (χ2n) is 7.03. The number of benzene rings is 1. The zero-order valence-electron chi connectivity index (χ0n) is 14.2. The molecule has 5 nitrogen and oxygen atoms in total. The molecule has 4 rings (SSSR count). The van der Waals surface area contributed by atoms with Gasteiger partial charge in [-0.2, -0.15) is 0 Å². The van der Waals surface area contributed by atoms with Gasteiger partial charge in [-0.05, 0) is 37.7 Å². The standard InChI is InChI=1S/C19H26N4O/c1-2-5-16(6-3-1)14-23-17(13-20-21-23)15-22-11-9-19(10-12-22)24-18-7-4-8-18/h1-3,5-6,13,18-19H,4,7-12,14-15H2. The molecule has 0 unspecified atom stereocenters. The Kier molecular flexibility index (Phi) is 4.90. The Morgan fingerprint density at radius 1 is 0.958 bits per heavy atom. The van der Waals surface area contributed by atoms with Crippen molar-refractivity contribution in [1.82, 2.24) is 19.9 Å². The summed E-state index contributed by atoms with van der Waals surface area (Å²) in [7, 11) is 0. The molecule has 0 bridgehead atoms. The Hall–Kier alpha value is -1.72. The Bertz CT molecular complexity index is 630. The van der Waals surface area contributed by atoms with E-state index in [9.17, 15) is 0 Å².